The standard InChI is InChI=1S/C8H14.CH4/c1-7-5-3-4-6-8(7)2;/h5,8H,3-4,6H2,1-2H3;1H4. The van der Waals surface area contributed by atoms with Crippen molar-refractivity contribution in [3.8, 4) is 0 Å². The van der Waals surface area contributed by atoms with Gasteiger partial charge in [-0.25, -0.2) is 0 Å². The maximum atomic E-state index is 2.37. The lowest BCUT2D eigenvalue weighted by atomic mass is 9.91. The first kappa shape index (κ1) is 8.74. The Morgan fingerprint density at radius 1 is 1.56 bits per heavy atom. The molecule has 0 radical (unpaired) electrons. The molecule has 1 aliphatic rings. The number of hydrogen-bond donors (Lipinski definition) is 0. The van der Waals surface area contributed by atoms with Gasteiger partial charge in [-0.1, -0.05) is 26.0 Å². The number of rotatable bonds is 0. The summed E-state index contributed by atoms with van der Waals surface area (Å²) in [6.07, 6.45) is 6.49. The van der Waals surface area contributed by atoms with Crippen molar-refractivity contribution in [2.45, 2.75) is 40.5 Å². The Morgan fingerprint density at radius 2 is 2.22 bits per heavy atom. The minimum Gasteiger partial charge on any atom is -0.0853 e. The van der Waals surface area contributed by atoms with Gasteiger partial charge in [0.15, 0.2) is 0 Å². The molecule has 54 valence electrons. The van der Waals surface area contributed by atoms with E-state index < -0.39 is 0 Å². The van der Waals surface area contributed by atoms with Crippen molar-refractivity contribution in [1.82, 2.24) is 0 Å². The van der Waals surface area contributed by atoms with E-state index in [1.54, 1.807) is 5.57 Å². The molecule has 0 heterocycles. The van der Waals surface area contributed by atoms with E-state index in [-0.39, 0.29) is 7.43 Å². The lowest BCUT2D eigenvalue weighted by molar-refractivity contribution is 0.552. The zero-order chi connectivity index (χ0) is 5.98. The molecule has 9 heavy (non-hydrogen) atoms. The molecule has 0 bridgehead atoms. The summed E-state index contributed by atoms with van der Waals surface area (Å²) in [6, 6.07) is 0. The largest absolute Gasteiger partial charge is 0.0853 e. The minimum absolute atomic E-state index is 0. The fourth-order valence-electron chi connectivity index (χ4n) is 1.18. The third-order valence-electron chi connectivity index (χ3n) is 2.08. The highest BCUT2D eigenvalue weighted by Crippen LogP contribution is 2.22. The van der Waals surface area contributed by atoms with Crippen LogP contribution in [0.25, 0.3) is 0 Å². The van der Waals surface area contributed by atoms with Crippen LogP contribution in [0.3, 0.4) is 0 Å². The van der Waals surface area contributed by atoms with E-state index in [1.807, 2.05) is 0 Å². The molecule has 1 rings (SSSR count). The zero-order valence-electron chi connectivity index (χ0n) is 5.78. The van der Waals surface area contributed by atoms with Crippen LogP contribution in [0.4, 0.5) is 0 Å². The Morgan fingerprint density at radius 3 is 2.56 bits per heavy atom. The van der Waals surface area contributed by atoms with Gasteiger partial charge in [0.1, 0.15) is 0 Å². The van der Waals surface area contributed by atoms with E-state index in [9.17, 15) is 0 Å². The molecular formula is C9H18. The normalized spacial score (nSPS) is 26.4. The Hall–Kier alpha value is -0.260. The molecule has 0 saturated carbocycles. The topological polar surface area (TPSA) is 0 Å². The molecule has 1 aliphatic carbocycles. The van der Waals surface area contributed by atoms with E-state index in [1.165, 1.54) is 19.3 Å². The van der Waals surface area contributed by atoms with E-state index in [0.717, 1.165) is 5.92 Å². The van der Waals surface area contributed by atoms with E-state index >= 15 is 0 Å². The lowest BCUT2D eigenvalue weighted by Gasteiger charge is -2.15. The molecule has 0 spiro atoms. The van der Waals surface area contributed by atoms with Crippen molar-refractivity contribution in [2.75, 3.05) is 0 Å². The molecular weight excluding hydrogens is 108 g/mol. The van der Waals surface area contributed by atoms with Crippen molar-refractivity contribution < 1.29 is 0 Å². The van der Waals surface area contributed by atoms with Crippen molar-refractivity contribution in [2.24, 2.45) is 5.92 Å². The van der Waals surface area contributed by atoms with Gasteiger partial charge >= 0.3 is 0 Å². The summed E-state index contributed by atoms with van der Waals surface area (Å²) in [5.41, 5.74) is 1.59. The summed E-state index contributed by atoms with van der Waals surface area (Å²) >= 11 is 0. The first-order chi connectivity index (χ1) is 3.80. The molecule has 0 fully saturated rings. The number of hydrogen-bond acceptors (Lipinski definition) is 0. The summed E-state index contributed by atoms with van der Waals surface area (Å²) in [7, 11) is 0. The third-order valence-corrected chi connectivity index (χ3v) is 2.08. The average Bonchev–Trinajstić information content (AvgIpc) is 1.77. The van der Waals surface area contributed by atoms with E-state index in [0.29, 0.717) is 0 Å². The highest BCUT2D eigenvalue weighted by atomic mass is 14.1. The molecule has 0 N–H and O–H groups in total. The Labute approximate surface area is 59.0 Å². The van der Waals surface area contributed by atoms with Crippen LogP contribution >= 0.6 is 0 Å². The SMILES string of the molecule is C.CC1=CCCCC1C. The van der Waals surface area contributed by atoms with Crippen molar-refractivity contribution in [1.29, 1.82) is 0 Å². The fourth-order valence-corrected chi connectivity index (χ4v) is 1.18. The summed E-state index contributed by atoms with van der Waals surface area (Å²) in [4.78, 5) is 0. The molecule has 0 aliphatic heterocycles. The van der Waals surface area contributed by atoms with Gasteiger partial charge in [0.2, 0.25) is 0 Å². The highest BCUT2D eigenvalue weighted by molar-refractivity contribution is 5.04. The fraction of sp³-hybridized carbons (Fsp3) is 0.778. The Kier molecular flexibility index (Phi) is 3.60. The average molecular weight is 126 g/mol. The Bertz CT molecular complexity index is 101. The van der Waals surface area contributed by atoms with Crippen molar-refractivity contribution in [3.63, 3.8) is 0 Å². The maximum absolute atomic E-state index is 2.37. The summed E-state index contributed by atoms with van der Waals surface area (Å²) in [5.74, 6) is 0.865. The second-order valence-electron chi connectivity index (χ2n) is 2.78. The predicted octanol–water partition coefficient (Wildman–Crippen LogP) is 3.39. The molecule has 0 aromatic rings. The maximum Gasteiger partial charge on any atom is -0.0234 e. The summed E-state index contributed by atoms with van der Waals surface area (Å²) in [5, 5.41) is 0. The summed E-state index contributed by atoms with van der Waals surface area (Å²) in [6.45, 7) is 4.55. The highest BCUT2D eigenvalue weighted by Gasteiger charge is 2.06. The van der Waals surface area contributed by atoms with Gasteiger partial charge in [-0.2, -0.15) is 0 Å². The summed E-state index contributed by atoms with van der Waals surface area (Å²) < 4.78 is 0. The third kappa shape index (κ3) is 2.21. The molecule has 0 saturated heterocycles. The molecule has 1 unspecified atom stereocenters. The quantitative estimate of drug-likeness (QED) is 0.436. The van der Waals surface area contributed by atoms with Gasteiger partial charge in [-0.05, 0) is 32.1 Å². The van der Waals surface area contributed by atoms with E-state index in [2.05, 4.69) is 19.9 Å². The monoisotopic (exact) mass is 126 g/mol. The van der Waals surface area contributed by atoms with Crippen LogP contribution < -0.4 is 0 Å². The predicted molar refractivity (Wildman–Crippen MR) is 43.5 cm³/mol. The second kappa shape index (κ2) is 3.71. The molecule has 0 nitrogen and oxygen atoms in total. The minimum atomic E-state index is 0. The zero-order valence-corrected chi connectivity index (χ0v) is 5.78. The Balaban J connectivity index is 0.000000640. The van der Waals surface area contributed by atoms with Crippen LogP contribution in [0.2, 0.25) is 0 Å². The first-order valence-corrected chi connectivity index (χ1v) is 3.47. The van der Waals surface area contributed by atoms with Gasteiger partial charge in [0, 0.05) is 0 Å². The van der Waals surface area contributed by atoms with Crippen LogP contribution in [0.1, 0.15) is 40.5 Å². The molecule has 0 heteroatoms. The van der Waals surface area contributed by atoms with Crippen LogP contribution in [-0.4, -0.2) is 0 Å². The van der Waals surface area contributed by atoms with Crippen LogP contribution in [0, 0.1) is 5.92 Å². The smallest absolute Gasteiger partial charge is 0.0234 e. The van der Waals surface area contributed by atoms with Crippen molar-refractivity contribution in [3.05, 3.63) is 11.6 Å². The molecule has 0 aromatic heterocycles. The van der Waals surface area contributed by atoms with Gasteiger partial charge in [-0.3, -0.25) is 0 Å². The van der Waals surface area contributed by atoms with Gasteiger partial charge in [0.05, 0.1) is 0 Å². The molecule has 1 atom stereocenters. The van der Waals surface area contributed by atoms with Gasteiger partial charge in [0.25, 0.3) is 0 Å². The molecule has 0 amide bonds. The van der Waals surface area contributed by atoms with Crippen molar-refractivity contribution >= 4 is 0 Å². The number of allylic oxidation sites excluding steroid dienone is 2. The lowest BCUT2D eigenvalue weighted by Crippen LogP contribution is -2.00. The first-order valence-electron chi connectivity index (χ1n) is 3.47. The van der Waals surface area contributed by atoms with Gasteiger partial charge in [-0.15, -0.1) is 0 Å². The van der Waals surface area contributed by atoms with E-state index in [4.69, 9.17) is 0 Å². The van der Waals surface area contributed by atoms with Crippen LogP contribution in [0.15, 0.2) is 11.6 Å². The second-order valence-corrected chi connectivity index (χ2v) is 2.78. The van der Waals surface area contributed by atoms with Crippen LogP contribution in [-0.2, 0) is 0 Å². The van der Waals surface area contributed by atoms with Crippen LogP contribution in [0.5, 0.6) is 0 Å². The van der Waals surface area contributed by atoms with Gasteiger partial charge < -0.3 is 0 Å². The molecule has 0 aromatic carbocycles.